The van der Waals surface area contributed by atoms with Gasteiger partial charge in [-0.25, -0.2) is 0 Å². The summed E-state index contributed by atoms with van der Waals surface area (Å²) in [5, 5.41) is 7.70. The lowest BCUT2D eigenvalue weighted by molar-refractivity contribution is 1.34. The molecule has 0 aliphatic heterocycles. The Bertz CT molecular complexity index is 361. The van der Waals surface area contributed by atoms with Crippen LogP contribution < -0.4 is 0 Å². The quantitative estimate of drug-likeness (QED) is 0.558. The largest absolute Gasteiger partial charge is 0.281 e. The van der Waals surface area contributed by atoms with Gasteiger partial charge >= 0.3 is 0 Å². The van der Waals surface area contributed by atoms with Crippen molar-refractivity contribution in [1.82, 2.24) is 0 Å². The zero-order chi connectivity index (χ0) is 8.55. The molecule has 0 bridgehead atoms. The summed E-state index contributed by atoms with van der Waals surface area (Å²) in [4.78, 5) is 0. The van der Waals surface area contributed by atoms with Gasteiger partial charge in [-0.1, -0.05) is 0 Å². The van der Waals surface area contributed by atoms with Crippen molar-refractivity contribution in [2.24, 2.45) is 0 Å². The Morgan fingerprint density at radius 1 is 1.33 bits per heavy atom. The first-order valence-corrected chi connectivity index (χ1v) is 3.99. The van der Waals surface area contributed by atoms with Gasteiger partial charge in [0.15, 0.2) is 0 Å². The van der Waals surface area contributed by atoms with Crippen molar-refractivity contribution in [2.75, 3.05) is 0 Å². The molecule has 1 N–H and O–H groups in total. The van der Waals surface area contributed by atoms with E-state index in [-0.39, 0.29) is 0 Å². The number of fused-ring (bicyclic) bond motifs is 1. The maximum atomic E-state index is 7.70. The zero-order valence-corrected chi connectivity index (χ0v) is 6.96. The van der Waals surface area contributed by atoms with Gasteiger partial charge in [-0.2, -0.15) is 0 Å². The third kappa shape index (κ3) is 0.944. The lowest BCUT2D eigenvalue weighted by Crippen LogP contribution is -2.06. The molecule has 0 radical (unpaired) electrons. The molecule has 1 aliphatic carbocycles. The molecule has 1 aromatic rings. The third-order valence-electron chi connectivity index (χ3n) is 2.11. The van der Waals surface area contributed by atoms with E-state index >= 15 is 0 Å². The van der Waals surface area contributed by atoms with Crippen LogP contribution in [-0.2, 0) is 0 Å². The zero-order valence-electron chi connectivity index (χ0n) is 6.96. The second kappa shape index (κ2) is 2.52. The highest BCUT2D eigenvalue weighted by Crippen LogP contribution is 2.20. The highest BCUT2D eigenvalue weighted by Gasteiger charge is 2.18. The number of rotatable bonds is 0. The Labute approximate surface area is 72.2 Å². The van der Waals surface area contributed by atoms with Crippen molar-refractivity contribution < 1.29 is 0 Å². The standard InChI is InChI=1S/C11H10N/c1-8-4-2-5-9-6-3-7-10(12)11(8)9/h2-7,12H,1H3/q+1. The van der Waals surface area contributed by atoms with Crippen LogP contribution in [-0.4, -0.2) is 5.71 Å². The van der Waals surface area contributed by atoms with E-state index in [1.165, 1.54) is 5.56 Å². The van der Waals surface area contributed by atoms with Crippen LogP contribution in [0.15, 0.2) is 30.4 Å². The fourth-order valence-electron chi connectivity index (χ4n) is 1.53. The van der Waals surface area contributed by atoms with Crippen LogP contribution in [0.2, 0.25) is 0 Å². The van der Waals surface area contributed by atoms with Gasteiger partial charge in [0.1, 0.15) is 11.3 Å². The molecule has 0 amide bonds. The SMILES string of the molecule is Cc1cccc2c1C(=N)C=C[CH+]2. The highest BCUT2D eigenvalue weighted by molar-refractivity contribution is 6.10. The molecule has 1 aromatic carbocycles. The van der Waals surface area contributed by atoms with Crippen LogP contribution >= 0.6 is 0 Å². The summed E-state index contributed by atoms with van der Waals surface area (Å²) >= 11 is 0. The molecular formula is C11H10N+. The first-order chi connectivity index (χ1) is 5.79. The Hall–Kier alpha value is -1.50. The second-order valence-electron chi connectivity index (χ2n) is 2.98. The predicted octanol–water partition coefficient (Wildman–Crippen LogP) is 2.49. The average Bonchev–Trinajstić information content (AvgIpc) is 2.04. The van der Waals surface area contributed by atoms with E-state index in [9.17, 15) is 0 Å². The maximum Gasteiger partial charge on any atom is 0.146 e. The molecule has 0 heterocycles. The maximum absolute atomic E-state index is 7.70. The average molecular weight is 156 g/mol. The molecule has 1 heteroatoms. The molecule has 58 valence electrons. The Kier molecular flexibility index (Phi) is 1.51. The summed E-state index contributed by atoms with van der Waals surface area (Å²) in [5.74, 6) is 0. The molecule has 0 saturated heterocycles. The fourth-order valence-corrected chi connectivity index (χ4v) is 1.53. The van der Waals surface area contributed by atoms with Crippen LogP contribution in [0.3, 0.4) is 0 Å². The summed E-state index contributed by atoms with van der Waals surface area (Å²) in [6.07, 6.45) is 5.79. The Morgan fingerprint density at radius 2 is 2.17 bits per heavy atom. The van der Waals surface area contributed by atoms with Crippen LogP contribution in [0.5, 0.6) is 0 Å². The first kappa shape index (κ1) is 7.17. The van der Waals surface area contributed by atoms with Gasteiger partial charge in [0, 0.05) is 30.2 Å². The van der Waals surface area contributed by atoms with Crippen molar-refractivity contribution >= 4 is 5.71 Å². The lowest BCUT2D eigenvalue weighted by Gasteiger charge is -2.05. The van der Waals surface area contributed by atoms with Gasteiger partial charge in [-0.05, 0) is 19.1 Å². The Balaban J connectivity index is 2.66. The second-order valence-corrected chi connectivity index (χ2v) is 2.98. The predicted molar refractivity (Wildman–Crippen MR) is 50.5 cm³/mol. The van der Waals surface area contributed by atoms with Gasteiger partial charge in [0.25, 0.3) is 0 Å². The Morgan fingerprint density at radius 3 is 2.92 bits per heavy atom. The molecule has 0 atom stereocenters. The molecule has 12 heavy (non-hydrogen) atoms. The van der Waals surface area contributed by atoms with E-state index in [1.807, 2.05) is 43.7 Å². The number of nitrogens with one attached hydrogen (secondary N) is 1. The highest BCUT2D eigenvalue weighted by atomic mass is 14.4. The number of allylic oxidation sites excluding steroid dienone is 2. The minimum absolute atomic E-state index is 0.616. The van der Waals surface area contributed by atoms with Crippen LogP contribution in [0.25, 0.3) is 0 Å². The molecule has 0 spiro atoms. The van der Waals surface area contributed by atoms with E-state index in [1.54, 1.807) is 0 Å². The van der Waals surface area contributed by atoms with Gasteiger partial charge in [-0.3, -0.25) is 5.41 Å². The van der Waals surface area contributed by atoms with Crippen molar-refractivity contribution in [3.63, 3.8) is 0 Å². The molecule has 0 unspecified atom stereocenters. The topological polar surface area (TPSA) is 23.9 Å². The van der Waals surface area contributed by atoms with Crippen LogP contribution in [0.1, 0.15) is 16.7 Å². The van der Waals surface area contributed by atoms with E-state index in [2.05, 4.69) is 0 Å². The van der Waals surface area contributed by atoms with Gasteiger partial charge < -0.3 is 0 Å². The van der Waals surface area contributed by atoms with Gasteiger partial charge in [0.05, 0.1) is 5.56 Å². The fraction of sp³-hybridized carbons (Fsp3) is 0.0909. The summed E-state index contributed by atoms with van der Waals surface area (Å²) in [7, 11) is 0. The summed E-state index contributed by atoms with van der Waals surface area (Å²) < 4.78 is 0. The normalized spacial score (nSPS) is 13.9. The number of benzene rings is 1. The minimum Gasteiger partial charge on any atom is -0.281 e. The monoisotopic (exact) mass is 156 g/mol. The van der Waals surface area contributed by atoms with Gasteiger partial charge in [0.2, 0.25) is 0 Å². The van der Waals surface area contributed by atoms with Gasteiger partial charge in [-0.15, -0.1) is 0 Å². The van der Waals surface area contributed by atoms with E-state index in [0.717, 1.165) is 11.1 Å². The van der Waals surface area contributed by atoms with Crippen LogP contribution in [0.4, 0.5) is 0 Å². The van der Waals surface area contributed by atoms with E-state index in [0.29, 0.717) is 5.71 Å². The molecule has 0 aromatic heterocycles. The van der Waals surface area contributed by atoms with Crippen molar-refractivity contribution in [3.8, 4) is 0 Å². The van der Waals surface area contributed by atoms with Crippen molar-refractivity contribution in [3.05, 3.63) is 53.5 Å². The number of hydrogen-bond donors (Lipinski definition) is 1. The van der Waals surface area contributed by atoms with E-state index < -0.39 is 0 Å². The summed E-state index contributed by atoms with van der Waals surface area (Å²) in [5.41, 5.74) is 4.02. The summed E-state index contributed by atoms with van der Waals surface area (Å²) in [6.45, 7) is 2.04. The third-order valence-corrected chi connectivity index (χ3v) is 2.11. The van der Waals surface area contributed by atoms with Crippen LogP contribution in [0, 0.1) is 18.8 Å². The van der Waals surface area contributed by atoms with E-state index in [4.69, 9.17) is 5.41 Å². The van der Waals surface area contributed by atoms with Crippen molar-refractivity contribution in [2.45, 2.75) is 6.92 Å². The molecule has 0 fully saturated rings. The minimum atomic E-state index is 0.616. The van der Waals surface area contributed by atoms with Crippen molar-refractivity contribution in [1.29, 1.82) is 5.41 Å². The smallest absolute Gasteiger partial charge is 0.146 e. The number of hydrogen-bond acceptors (Lipinski definition) is 1. The first-order valence-electron chi connectivity index (χ1n) is 3.99. The molecule has 2 rings (SSSR count). The molecule has 0 saturated carbocycles. The number of aryl methyl sites for hydroxylation is 1. The molecule has 1 aliphatic rings. The molecular weight excluding hydrogens is 146 g/mol. The molecule has 1 nitrogen and oxygen atoms in total. The summed E-state index contributed by atoms with van der Waals surface area (Å²) in [6, 6.07) is 6.11. The lowest BCUT2D eigenvalue weighted by atomic mass is 9.92.